The summed E-state index contributed by atoms with van der Waals surface area (Å²) in [7, 11) is 0. The molecule has 1 atom stereocenters. The molecule has 1 N–H and O–H groups in total. The molecule has 180 valence electrons. The number of aryl methyl sites for hydroxylation is 1. The van der Waals surface area contributed by atoms with Crippen molar-refractivity contribution in [3.63, 3.8) is 0 Å². The topological polar surface area (TPSA) is 72.3 Å². The third-order valence-electron chi connectivity index (χ3n) is 6.40. The number of pyridine rings is 2. The summed E-state index contributed by atoms with van der Waals surface area (Å²) in [6.45, 7) is 4.55. The molecule has 0 spiro atoms. The smallest absolute Gasteiger partial charge is 0.381 e. The molecule has 0 bridgehead atoms. The van der Waals surface area contributed by atoms with Crippen LogP contribution in [0.1, 0.15) is 42.0 Å². The van der Waals surface area contributed by atoms with E-state index in [2.05, 4.69) is 16.4 Å². The van der Waals surface area contributed by atoms with Crippen molar-refractivity contribution in [2.24, 2.45) is 0 Å². The predicted molar refractivity (Wildman–Crippen MR) is 121 cm³/mol. The van der Waals surface area contributed by atoms with E-state index in [9.17, 15) is 18.0 Å². The molecule has 10 heteroatoms. The largest absolute Gasteiger partial charge is 0.401 e. The molecule has 2 saturated heterocycles. The minimum Gasteiger partial charge on any atom is -0.381 e. The lowest BCUT2D eigenvalue weighted by atomic mass is 9.91. The Balaban J connectivity index is 1.55. The standard InChI is InChI=1S/C24H26F3N5O2/c1-14-5-20(16-3-4-34-12-16)30-23(6-14)32-11-19(17-9-31(10-17)13-24(25,26)27)18-8-28-22(7-21(18)32)29-15(2)33/h5-8,11,16-17H,3-4,9-10,12-13H2,1-2H3,(H,28,29,33). The van der Waals surface area contributed by atoms with Crippen molar-refractivity contribution in [2.45, 2.75) is 38.3 Å². The maximum absolute atomic E-state index is 12.8. The van der Waals surface area contributed by atoms with Crippen LogP contribution in [0.15, 0.2) is 30.6 Å². The minimum absolute atomic E-state index is 0.0352. The molecular weight excluding hydrogens is 447 g/mol. The number of hydrogen-bond acceptors (Lipinski definition) is 5. The van der Waals surface area contributed by atoms with Gasteiger partial charge in [-0.3, -0.25) is 9.69 Å². The summed E-state index contributed by atoms with van der Waals surface area (Å²) in [4.78, 5) is 22.3. The molecule has 2 aliphatic rings. The molecule has 0 aromatic carbocycles. The van der Waals surface area contributed by atoms with Crippen molar-refractivity contribution in [1.82, 2.24) is 19.4 Å². The summed E-state index contributed by atoms with van der Waals surface area (Å²) >= 11 is 0. The van der Waals surface area contributed by atoms with Gasteiger partial charge in [0.15, 0.2) is 0 Å². The van der Waals surface area contributed by atoms with E-state index in [1.165, 1.54) is 11.8 Å². The van der Waals surface area contributed by atoms with Gasteiger partial charge < -0.3 is 14.6 Å². The molecule has 5 heterocycles. The van der Waals surface area contributed by atoms with Gasteiger partial charge in [-0.2, -0.15) is 13.2 Å². The zero-order valence-electron chi connectivity index (χ0n) is 19.0. The van der Waals surface area contributed by atoms with E-state index in [0.29, 0.717) is 32.1 Å². The number of amides is 1. The summed E-state index contributed by atoms with van der Waals surface area (Å²) in [5.41, 5.74) is 3.76. The van der Waals surface area contributed by atoms with Gasteiger partial charge in [-0.05, 0) is 36.6 Å². The second-order valence-electron chi connectivity index (χ2n) is 9.22. The van der Waals surface area contributed by atoms with E-state index in [-0.39, 0.29) is 17.7 Å². The van der Waals surface area contributed by atoms with Gasteiger partial charge in [-0.25, -0.2) is 9.97 Å². The summed E-state index contributed by atoms with van der Waals surface area (Å²) in [6.07, 6.45) is 0.345. The van der Waals surface area contributed by atoms with Crippen molar-refractivity contribution in [2.75, 3.05) is 38.2 Å². The Hall–Kier alpha value is -2.98. The molecular formula is C24H26F3N5O2. The van der Waals surface area contributed by atoms with Gasteiger partial charge in [0.2, 0.25) is 5.91 Å². The number of nitrogens with zero attached hydrogens (tertiary/aromatic N) is 4. The lowest BCUT2D eigenvalue weighted by molar-refractivity contribution is -0.154. The number of anilines is 1. The van der Waals surface area contributed by atoms with Gasteiger partial charge in [0.05, 0.1) is 18.7 Å². The first kappa shape index (κ1) is 22.8. The Morgan fingerprint density at radius 1 is 1.24 bits per heavy atom. The molecule has 34 heavy (non-hydrogen) atoms. The van der Waals surface area contributed by atoms with Crippen LogP contribution in [0.3, 0.4) is 0 Å². The first-order chi connectivity index (χ1) is 16.2. The number of carbonyl (C=O) groups excluding carboxylic acids is 1. The fourth-order valence-electron chi connectivity index (χ4n) is 4.83. The zero-order chi connectivity index (χ0) is 24.0. The summed E-state index contributed by atoms with van der Waals surface area (Å²) < 4.78 is 45.8. The van der Waals surface area contributed by atoms with Gasteiger partial charge in [-0.15, -0.1) is 0 Å². The van der Waals surface area contributed by atoms with Gasteiger partial charge >= 0.3 is 6.18 Å². The second-order valence-corrected chi connectivity index (χ2v) is 9.22. The molecule has 0 aliphatic carbocycles. The zero-order valence-corrected chi connectivity index (χ0v) is 19.0. The molecule has 2 fully saturated rings. The fourth-order valence-corrected chi connectivity index (χ4v) is 4.83. The number of hydrogen-bond donors (Lipinski definition) is 1. The Kier molecular flexibility index (Phi) is 5.81. The number of nitrogens with one attached hydrogen (secondary N) is 1. The maximum atomic E-state index is 12.8. The van der Waals surface area contributed by atoms with E-state index >= 15 is 0 Å². The third-order valence-corrected chi connectivity index (χ3v) is 6.40. The first-order valence-electron chi connectivity index (χ1n) is 11.3. The van der Waals surface area contributed by atoms with Crippen LogP contribution in [0.5, 0.6) is 0 Å². The number of alkyl halides is 3. The van der Waals surface area contributed by atoms with Gasteiger partial charge in [0.1, 0.15) is 11.6 Å². The van der Waals surface area contributed by atoms with Crippen LogP contribution < -0.4 is 5.32 Å². The quantitative estimate of drug-likeness (QED) is 0.603. The van der Waals surface area contributed by atoms with Crippen molar-refractivity contribution in [1.29, 1.82) is 0 Å². The molecule has 3 aromatic rings. The highest BCUT2D eigenvalue weighted by molar-refractivity contribution is 5.92. The van der Waals surface area contributed by atoms with E-state index in [1.807, 2.05) is 23.8 Å². The van der Waals surface area contributed by atoms with Gasteiger partial charge in [0, 0.05) is 68.0 Å². The summed E-state index contributed by atoms with van der Waals surface area (Å²) in [5.74, 6) is 1.11. The molecule has 3 aromatic heterocycles. The van der Waals surface area contributed by atoms with Crippen LogP contribution >= 0.6 is 0 Å². The van der Waals surface area contributed by atoms with Gasteiger partial charge in [-0.1, -0.05) is 0 Å². The summed E-state index contributed by atoms with van der Waals surface area (Å²) in [6, 6.07) is 5.84. The van der Waals surface area contributed by atoms with Crippen LogP contribution in [0.25, 0.3) is 16.7 Å². The summed E-state index contributed by atoms with van der Waals surface area (Å²) in [5, 5.41) is 3.56. The second kappa shape index (κ2) is 8.66. The minimum atomic E-state index is -4.21. The van der Waals surface area contributed by atoms with Crippen molar-refractivity contribution in [3.8, 4) is 5.82 Å². The maximum Gasteiger partial charge on any atom is 0.401 e. The highest BCUT2D eigenvalue weighted by atomic mass is 19.4. The number of halogens is 3. The van der Waals surface area contributed by atoms with E-state index in [1.54, 1.807) is 12.3 Å². The average Bonchev–Trinajstić information content (AvgIpc) is 3.37. The monoisotopic (exact) mass is 473 g/mol. The SMILES string of the molecule is CC(=O)Nc1cc2c(cn1)c(C1CN(CC(F)(F)F)C1)cn2-c1cc(C)cc(C2CCOC2)n1. The highest BCUT2D eigenvalue weighted by Gasteiger charge is 2.38. The lowest BCUT2D eigenvalue weighted by Crippen LogP contribution is -2.49. The number of aromatic nitrogens is 3. The Morgan fingerprint density at radius 3 is 2.71 bits per heavy atom. The Bertz CT molecular complexity index is 1230. The Morgan fingerprint density at radius 2 is 2.03 bits per heavy atom. The average molecular weight is 473 g/mol. The fraction of sp³-hybridized carbons (Fsp3) is 0.458. The van der Waals surface area contributed by atoms with E-state index in [0.717, 1.165) is 40.0 Å². The van der Waals surface area contributed by atoms with Crippen LogP contribution in [-0.4, -0.2) is 64.4 Å². The van der Waals surface area contributed by atoms with E-state index in [4.69, 9.17) is 9.72 Å². The molecule has 2 aliphatic heterocycles. The molecule has 7 nitrogen and oxygen atoms in total. The molecule has 0 radical (unpaired) electrons. The number of rotatable bonds is 5. The first-order valence-corrected chi connectivity index (χ1v) is 11.3. The normalized spacial score (nSPS) is 19.5. The van der Waals surface area contributed by atoms with Crippen LogP contribution in [0.2, 0.25) is 0 Å². The van der Waals surface area contributed by atoms with Crippen LogP contribution in [0, 0.1) is 6.92 Å². The Labute approximate surface area is 194 Å². The highest BCUT2D eigenvalue weighted by Crippen LogP contribution is 2.37. The molecule has 0 saturated carbocycles. The van der Waals surface area contributed by atoms with Crippen LogP contribution in [0.4, 0.5) is 19.0 Å². The molecule has 5 rings (SSSR count). The number of carbonyl (C=O) groups is 1. The predicted octanol–water partition coefficient (Wildman–Crippen LogP) is 4.15. The number of ether oxygens (including phenoxy) is 1. The van der Waals surface area contributed by atoms with Crippen molar-refractivity contribution in [3.05, 3.63) is 47.4 Å². The third kappa shape index (κ3) is 4.65. The van der Waals surface area contributed by atoms with Crippen molar-refractivity contribution < 1.29 is 22.7 Å². The van der Waals surface area contributed by atoms with E-state index < -0.39 is 12.7 Å². The lowest BCUT2D eigenvalue weighted by Gasteiger charge is -2.39. The molecule has 1 unspecified atom stereocenters. The molecule has 1 amide bonds. The number of likely N-dealkylation sites (tertiary alicyclic amines) is 1. The number of fused-ring (bicyclic) bond motifs is 1. The van der Waals surface area contributed by atoms with Gasteiger partial charge in [0.25, 0.3) is 0 Å². The van der Waals surface area contributed by atoms with Crippen LogP contribution in [-0.2, 0) is 9.53 Å². The van der Waals surface area contributed by atoms with Crippen molar-refractivity contribution >= 4 is 22.6 Å².